The lowest BCUT2D eigenvalue weighted by molar-refractivity contribution is 0.0993. The van der Waals surface area contributed by atoms with E-state index in [1.165, 1.54) is 17.3 Å². The summed E-state index contributed by atoms with van der Waals surface area (Å²) >= 11 is 0.991. The minimum Gasteiger partial charge on any atom is -0.504 e. The summed E-state index contributed by atoms with van der Waals surface area (Å²) in [6.07, 6.45) is 0. The van der Waals surface area contributed by atoms with Crippen LogP contribution in [0.1, 0.15) is 27.0 Å². The average molecular weight is 442 g/mol. The van der Waals surface area contributed by atoms with E-state index in [1.54, 1.807) is 32.0 Å². The number of rotatable bonds is 7. The fourth-order valence-corrected chi connectivity index (χ4v) is 3.80. The molecule has 0 atom stereocenters. The van der Waals surface area contributed by atoms with Crippen LogP contribution in [0.2, 0.25) is 0 Å². The number of nitrogens with zero attached hydrogens (tertiary/aromatic N) is 2. The van der Waals surface area contributed by atoms with E-state index in [1.807, 2.05) is 0 Å². The van der Waals surface area contributed by atoms with Gasteiger partial charge in [-0.2, -0.15) is 0 Å². The molecule has 160 valence electrons. The first-order valence-electron chi connectivity index (χ1n) is 9.17. The molecule has 1 amide bonds. The first-order valence-corrected chi connectivity index (χ1v) is 10.1. The normalized spacial score (nSPS) is 11.1. The molecule has 0 aliphatic rings. The van der Waals surface area contributed by atoms with Crippen molar-refractivity contribution >= 4 is 40.1 Å². The highest BCUT2D eigenvalue weighted by atomic mass is 32.1. The van der Waals surface area contributed by atoms with Gasteiger partial charge in [0, 0.05) is 18.5 Å². The summed E-state index contributed by atoms with van der Waals surface area (Å²) < 4.78 is 10.4. The molecule has 0 bridgehead atoms. The number of hydrogen-bond donors (Lipinski definition) is 3. The van der Waals surface area contributed by atoms with Crippen molar-refractivity contribution in [3.05, 3.63) is 66.2 Å². The van der Waals surface area contributed by atoms with Crippen molar-refractivity contribution in [3.63, 3.8) is 0 Å². The van der Waals surface area contributed by atoms with Crippen molar-refractivity contribution in [1.82, 2.24) is 5.16 Å². The van der Waals surface area contributed by atoms with Gasteiger partial charge in [0.25, 0.3) is 16.8 Å². The van der Waals surface area contributed by atoms with Gasteiger partial charge in [0.15, 0.2) is 11.6 Å². The predicted octanol–water partition coefficient (Wildman–Crippen LogP) is 2.88. The van der Waals surface area contributed by atoms with E-state index in [4.69, 9.17) is 8.94 Å². The van der Waals surface area contributed by atoms with Crippen molar-refractivity contribution < 1.29 is 18.8 Å². The largest absolute Gasteiger partial charge is 0.504 e. The van der Waals surface area contributed by atoms with E-state index in [-0.39, 0.29) is 34.2 Å². The van der Waals surface area contributed by atoms with Crippen LogP contribution in [0, 0.1) is 13.8 Å². The zero-order valence-corrected chi connectivity index (χ0v) is 17.6. The van der Waals surface area contributed by atoms with Crippen LogP contribution >= 0.6 is 11.3 Å². The first kappa shape index (κ1) is 20.4. The minimum atomic E-state index is -0.716. The molecule has 3 aromatic heterocycles. The van der Waals surface area contributed by atoms with Crippen LogP contribution in [0.3, 0.4) is 0 Å². The number of aromatic nitrogens is 1. The molecular formula is C20H18N4O6S. The second-order valence-corrected chi connectivity index (χ2v) is 7.77. The second-order valence-electron chi connectivity index (χ2n) is 6.89. The minimum absolute atomic E-state index is 0.0147. The van der Waals surface area contributed by atoms with Crippen molar-refractivity contribution in [2.45, 2.75) is 20.4 Å². The van der Waals surface area contributed by atoms with Crippen molar-refractivity contribution in [2.24, 2.45) is 0 Å². The molecule has 4 aromatic rings. The molecule has 0 unspecified atom stereocenters. The lowest BCUT2D eigenvalue weighted by Crippen LogP contribution is -2.36. The fourth-order valence-electron chi connectivity index (χ4n) is 2.93. The molecule has 0 saturated carbocycles. The standard InChI is InChI=1S/C20H18N4O6S/c1-9-4-5-11(29-9)7-21-14-15(18(27)17(14)26)22-12-8-31-19(16(12)25)20(28)24(3)13-6-10(2)30-23-13/h4-6,8,21-22,25H,7H2,1-3H3. The summed E-state index contributed by atoms with van der Waals surface area (Å²) in [6.45, 7) is 3.71. The molecule has 10 nitrogen and oxygen atoms in total. The molecule has 0 aliphatic carbocycles. The Bertz CT molecular complexity index is 1340. The van der Waals surface area contributed by atoms with Gasteiger partial charge in [-0.3, -0.25) is 19.3 Å². The number of carbonyl (C=O) groups excluding carboxylic acids is 1. The number of furan rings is 1. The topological polar surface area (TPSA) is 138 Å². The fraction of sp³-hybridized carbons (Fsp3) is 0.200. The van der Waals surface area contributed by atoms with Gasteiger partial charge in [-0.15, -0.1) is 11.3 Å². The SMILES string of the molecule is Cc1cc(N(C)C(=O)c2scc(Nc3c(NCc4ccc(C)o4)c(=O)c3=O)c2O)no1. The molecule has 3 heterocycles. The smallest absolute Gasteiger partial charge is 0.273 e. The lowest BCUT2D eigenvalue weighted by Gasteiger charge is -2.14. The molecule has 11 heteroatoms. The van der Waals surface area contributed by atoms with E-state index < -0.39 is 16.8 Å². The Morgan fingerprint density at radius 2 is 1.94 bits per heavy atom. The van der Waals surface area contributed by atoms with Gasteiger partial charge < -0.3 is 24.7 Å². The maximum absolute atomic E-state index is 12.7. The van der Waals surface area contributed by atoms with Gasteiger partial charge in [-0.25, -0.2) is 0 Å². The van der Waals surface area contributed by atoms with Crippen LogP contribution in [0.4, 0.5) is 22.9 Å². The maximum atomic E-state index is 12.7. The molecule has 0 fully saturated rings. The molecule has 0 radical (unpaired) electrons. The third-order valence-corrected chi connectivity index (χ3v) is 5.59. The van der Waals surface area contributed by atoms with E-state index in [0.29, 0.717) is 17.3 Å². The predicted molar refractivity (Wildman–Crippen MR) is 115 cm³/mol. The lowest BCUT2D eigenvalue weighted by atomic mass is 10.1. The zero-order chi connectivity index (χ0) is 22.3. The first-order chi connectivity index (χ1) is 14.8. The Labute approximate surface area is 179 Å². The Morgan fingerprint density at radius 3 is 2.58 bits per heavy atom. The van der Waals surface area contributed by atoms with Gasteiger partial charge in [0.05, 0.1) is 12.2 Å². The number of nitrogens with one attached hydrogen (secondary N) is 2. The summed E-state index contributed by atoms with van der Waals surface area (Å²) in [7, 11) is 1.50. The van der Waals surface area contributed by atoms with Gasteiger partial charge >= 0.3 is 0 Å². The number of amides is 1. The number of aromatic hydroxyl groups is 1. The molecule has 0 aliphatic heterocycles. The summed E-state index contributed by atoms with van der Waals surface area (Å²) in [6, 6.07) is 5.14. The number of carbonyl (C=O) groups is 1. The molecular weight excluding hydrogens is 424 g/mol. The zero-order valence-electron chi connectivity index (χ0n) is 16.8. The van der Waals surface area contributed by atoms with Gasteiger partial charge in [-0.05, 0) is 26.0 Å². The Morgan fingerprint density at radius 1 is 1.19 bits per heavy atom. The van der Waals surface area contributed by atoms with Crippen molar-refractivity contribution in [2.75, 3.05) is 22.6 Å². The maximum Gasteiger partial charge on any atom is 0.273 e. The Kier molecular flexibility index (Phi) is 5.11. The van der Waals surface area contributed by atoms with Crippen LogP contribution < -0.4 is 26.4 Å². The van der Waals surface area contributed by atoms with E-state index in [2.05, 4.69) is 15.8 Å². The van der Waals surface area contributed by atoms with Crippen LogP contribution in [-0.2, 0) is 6.54 Å². The number of thiophene rings is 1. The average Bonchev–Trinajstić information content (AvgIpc) is 3.46. The van der Waals surface area contributed by atoms with Crippen molar-refractivity contribution in [3.8, 4) is 5.75 Å². The molecule has 3 N–H and O–H groups in total. The van der Waals surface area contributed by atoms with Crippen LogP contribution in [0.15, 0.2) is 42.1 Å². The number of hydrogen-bond acceptors (Lipinski definition) is 10. The highest BCUT2D eigenvalue weighted by Crippen LogP contribution is 2.37. The molecule has 0 saturated heterocycles. The number of aryl methyl sites for hydroxylation is 2. The summed E-state index contributed by atoms with van der Waals surface area (Å²) in [5.41, 5.74) is -1.14. The van der Waals surface area contributed by atoms with E-state index >= 15 is 0 Å². The molecule has 1 aromatic carbocycles. The highest BCUT2D eigenvalue weighted by molar-refractivity contribution is 7.13. The summed E-state index contributed by atoms with van der Waals surface area (Å²) in [5.74, 6) is 1.34. The van der Waals surface area contributed by atoms with Gasteiger partial charge in [0.1, 0.15) is 33.5 Å². The van der Waals surface area contributed by atoms with Crippen LogP contribution in [0.5, 0.6) is 5.75 Å². The van der Waals surface area contributed by atoms with Crippen LogP contribution in [-0.4, -0.2) is 23.2 Å². The van der Waals surface area contributed by atoms with E-state index in [0.717, 1.165) is 17.1 Å². The monoisotopic (exact) mass is 442 g/mol. The molecule has 0 spiro atoms. The van der Waals surface area contributed by atoms with Gasteiger partial charge in [0.2, 0.25) is 0 Å². The van der Waals surface area contributed by atoms with E-state index in [9.17, 15) is 19.5 Å². The van der Waals surface area contributed by atoms with Gasteiger partial charge in [-0.1, -0.05) is 5.16 Å². The highest BCUT2D eigenvalue weighted by Gasteiger charge is 2.26. The Balaban J connectivity index is 1.51. The van der Waals surface area contributed by atoms with Crippen LogP contribution in [0.25, 0.3) is 0 Å². The quantitative estimate of drug-likeness (QED) is 0.369. The summed E-state index contributed by atoms with van der Waals surface area (Å²) in [4.78, 5) is 38.0. The third-order valence-electron chi connectivity index (χ3n) is 4.63. The summed E-state index contributed by atoms with van der Waals surface area (Å²) in [5, 5.41) is 21.4. The molecule has 31 heavy (non-hydrogen) atoms. The number of anilines is 4. The third kappa shape index (κ3) is 3.70. The second kappa shape index (κ2) is 7.76. The molecule has 4 rings (SSSR count). The Hall–Kier alpha value is -3.86. The van der Waals surface area contributed by atoms with Crippen molar-refractivity contribution in [1.29, 1.82) is 0 Å².